The van der Waals surface area contributed by atoms with Crippen molar-refractivity contribution in [3.8, 4) is 5.75 Å². The van der Waals surface area contributed by atoms with Gasteiger partial charge in [-0.05, 0) is 61.1 Å². The lowest BCUT2D eigenvalue weighted by Gasteiger charge is -2.43. The molecule has 2 aliphatic rings. The minimum absolute atomic E-state index is 0.0173. The summed E-state index contributed by atoms with van der Waals surface area (Å²) < 4.78 is 12.2. The Balaban J connectivity index is 1.72. The molecule has 0 saturated heterocycles. The van der Waals surface area contributed by atoms with Gasteiger partial charge in [-0.1, -0.05) is 56.4 Å². The van der Waals surface area contributed by atoms with Crippen LogP contribution in [0.15, 0.2) is 60.7 Å². The largest absolute Gasteiger partial charge is 0.481 e. The van der Waals surface area contributed by atoms with Crippen molar-refractivity contribution in [1.29, 1.82) is 0 Å². The van der Waals surface area contributed by atoms with Gasteiger partial charge in [-0.3, -0.25) is 4.79 Å². The first-order chi connectivity index (χ1) is 18.6. The highest BCUT2D eigenvalue weighted by molar-refractivity contribution is 5.75. The van der Waals surface area contributed by atoms with Crippen molar-refractivity contribution in [1.82, 2.24) is 0 Å². The topological polar surface area (TPSA) is 134 Å². The van der Waals surface area contributed by atoms with E-state index in [0.29, 0.717) is 31.4 Å². The minimum atomic E-state index is -1.11. The number of carboxylic acids is 1. The van der Waals surface area contributed by atoms with Crippen molar-refractivity contribution in [3.63, 3.8) is 0 Å². The van der Waals surface area contributed by atoms with Gasteiger partial charge in [-0.2, -0.15) is 0 Å². The van der Waals surface area contributed by atoms with Gasteiger partial charge in [0.2, 0.25) is 0 Å². The van der Waals surface area contributed by atoms with Gasteiger partial charge in [0.15, 0.2) is 6.10 Å². The van der Waals surface area contributed by atoms with E-state index in [9.17, 15) is 24.9 Å². The summed E-state index contributed by atoms with van der Waals surface area (Å²) in [6.45, 7) is 7.72. The second-order valence-electron chi connectivity index (χ2n) is 10.7. The number of carbonyl (C=O) groups excluding carboxylic acids is 1. The Bertz CT molecular complexity index is 1050. The van der Waals surface area contributed by atoms with Gasteiger partial charge in [-0.25, -0.2) is 4.79 Å². The summed E-state index contributed by atoms with van der Waals surface area (Å²) in [7, 11) is 0. The number of aliphatic hydroxyl groups excluding tert-OH is 3. The molecule has 4 N–H and O–H groups in total. The lowest BCUT2D eigenvalue weighted by atomic mass is 9.66. The lowest BCUT2D eigenvalue weighted by molar-refractivity contribution is -0.163. The summed E-state index contributed by atoms with van der Waals surface area (Å²) in [4.78, 5) is 24.2. The molecule has 8 nitrogen and oxygen atoms in total. The first kappa shape index (κ1) is 30.6. The summed E-state index contributed by atoms with van der Waals surface area (Å²) in [5.74, 6) is -1.01. The molecule has 8 atom stereocenters. The third-order valence-corrected chi connectivity index (χ3v) is 7.67. The van der Waals surface area contributed by atoms with Gasteiger partial charge in [0, 0.05) is 12.3 Å². The number of carboxylic acid groups (broad SMARTS) is 1. The zero-order valence-electron chi connectivity index (χ0n) is 22.8. The number of para-hydroxylation sites is 1. The second-order valence-corrected chi connectivity index (χ2v) is 10.7. The normalized spacial score (nSPS) is 26.5. The summed E-state index contributed by atoms with van der Waals surface area (Å²) in [5, 5.41) is 39.8. The molecule has 8 heteroatoms. The minimum Gasteiger partial charge on any atom is -0.481 e. The standard InChI is InChI=1S/C31H42O8/c1-4-8-20-9-6-7-10-27(20)38-26(5-2)31(37)39-28-17-23(33)15-21-12-11-19(3)25(30(21)28)14-13-22(32)16-24(34)18-29(35)36/h4,6-7,9-12,15,19,22-26,28,30,32-34H,1,5,8,13-14,16-18H2,2-3H3,(H,35,36)/t19-,22+,23+,24+,25-,26?,28-,30-/m0/s1. The number of aliphatic hydroxyl groups is 3. The Morgan fingerprint density at radius 2 is 1.95 bits per heavy atom. The second kappa shape index (κ2) is 14.4. The van der Waals surface area contributed by atoms with Crippen LogP contribution in [0.2, 0.25) is 0 Å². The van der Waals surface area contributed by atoms with Crippen LogP contribution < -0.4 is 4.74 Å². The molecule has 0 aromatic heterocycles. The van der Waals surface area contributed by atoms with Crippen LogP contribution in [0, 0.1) is 17.8 Å². The summed E-state index contributed by atoms with van der Waals surface area (Å²) in [6.07, 6.45) is 5.32. The van der Waals surface area contributed by atoms with Crippen molar-refractivity contribution < 1.29 is 39.5 Å². The van der Waals surface area contributed by atoms with E-state index in [0.717, 1.165) is 11.1 Å². The summed E-state index contributed by atoms with van der Waals surface area (Å²) >= 11 is 0. The maximum Gasteiger partial charge on any atom is 0.347 e. The highest BCUT2D eigenvalue weighted by atomic mass is 16.6. The van der Waals surface area contributed by atoms with Crippen LogP contribution in [0.3, 0.4) is 0 Å². The molecule has 0 aliphatic heterocycles. The van der Waals surface area contributed by atoms with E-state index in [1.54, 1.807) is 12.2 Å². The Hall–Kier alpha value is -2.94. The fourth-order valence-corrected chi connectivity index (χ4v) is 5.71. The molecule has 2 aliphatic carbocycles. The molecule has 0 fully saturated rings. The predicted molar refractivity (Wildman–Crippen MR) is 147 cm³/mol. The van der Waals surface area contributed by atoms with E-state index in [-0.39, 0.29) is 30.6 Å². The van der Waals surface area contributed by atoms with Gasteiger partial charge < -0.3 is 29.9 Å². The molecule has 0 saturated carbocycles. The number of allylic oxidation sites excluding steroid dienone is 3. The van der Waals surface area contributed by atoms with E-state index in [2.05, 4.69) is 19.6 Å². The number of fused-ring (bicyclic) bond motifs is 1. The highest BCUT2D eigenvalue weighted by Gasteiger charge is 2.42. The average Bonchev–Trinajstić information content (AvgIpc) is 2.87. The quantitative estimate of drug-likeness (QED) is 0.205. The number of ether oxygens (including phenoxy) is 2. The van der Waals surface area contributed by atoms with Crippen molar-refractivity contribution in [2.75, 3.05) is 0 Å². The van der Waals surface area contributed by atoms with Crippen molar-refractivity contribution in [2.24, 2.45) is 17.8 Å². The van der Waals surface area contributed by atoms with E-state index < -0.39 is 48.9 Å². The monoisotopic (exact) mass is 542 g/mol. The van der Waals surface area contributed by atoms with Gasteiger partial charge in [0.25, 0.3) is 0 Å². The number of benzene rings is 1. The van der Waals surface area contributed by atoms with Gasteiger partial charge in [-0.15, -0.1) is 6.58 Å². The van der Waals surface area contributed by atoms with Crippen LogP contribution >= 0.6 is 0 Å². The molecule has 3 rings (SSSR count). The number of aliphatic carboxylic acids is 1. The number of hydrogen-bond acceptors (Lipinski definition) is 7. The van der Waals surface area contributed by atoms with E-state index in [1.807, 2.05) is 37.3 Å². The average molecular weight is 543 g/mol. The molecule has 39 heavy (non-hydrogen) atoms. The molecular weight excluding hydrogens is 500 g/mol. The molecule has 0 bridgehead atoms. The summed E-state index contributed by atoms with van der Waals surface area (Å²) in [5.41, 5.74) is 1.83. The van der Waals surface area contributed by atoms with Crippen LogP contribution in [0.4, 0.5) is 0 Å². The molecule has 0 amide bonds. The first-order valence-corrected chi connectivity index (χ1v) is 13.8. The predicted octanol–water partition coefficient (Wildman–Crippen LogP) is 3.98. The fraction of sp³-hybridized carbons (Fsp3) is 0.548. The van der Waals surface area contributed by atoms with E-state index in [1.165, 1.54) is 0 Å². The van der Waals surface area contributed by atoms with Crippen molar-refractivity contribution >= 4 is 11.9 Å². The Labute approximate surface area is 230 Å². The van der Waals surface area contributed by atoms with Crippen LogP contribution in [0.25, 0.3) is 0 Å². The SMILES string of the molecule is C=CCc1ccccc1OC(CC)C(=O)O[C@H]1C[C@H](O)C=C2C=C[C@H](C)[C@H](CC[C@@H](O)C[C@@H](O)CC(=O)O)[C@H]21. The fourth-order valence-electron chi connectivity index (χ4n) is 5.71. The molecule has 1 aromatic carbocycles. The highest BCUT2D eigenvalue weighted by Crippen LogP contribution is 2.44. The molecule has 0 spiro atoms. The third kappa shape index (κ3) is 8.52. The maximum absolute atomic E-state index is 13.4. The number of rotatable bonds is 14. The first-order valence-electron chi connectivity index (χ1n) is 13.8. The zero-order valence-corrected chi connectivity index (χ0v) is 22.8. The molecule has 0 radical (unpaired) electrons. The molecular formula is C31H42O8. The van der Waals surface area contributed by atoms with Crippen LogP contribution in [0.5, 0.6) is 5.75 Å². The van der Waals surface area contributed by atoms with Crippen LogP contribution in [0.1, 0.15) is 57.9 Å². The number of esters is 1. The third-order valence-electron chi connectivity index (χ3n) is 7.67. The Morgan fingerprint density at radius 3 is 2.64 bits per heavy atom. The molecule has 0 heterocycles. The summed E-state index contributed by atoms with van der Waals surface area (Å²) in [6, 6.07) is 7.51. The Kier molecular flexibility index (Phi) is 11.3. The zero-order chi connectivity index (χ0) is 28.5. The van der Waals surface area contributed by atoms with Crippen LogP contribution in [-0.4, -0.2) is 62.9 Å². The molecule has 214 valence electrons. The maximum atomic E-state index is 13.4. The van der Waals surface area contributed by atoms with E-state index in [4.69, 9.17) is 14.6 Å². The Morgan fingerprint density at radius 1 is 1.21 bits per heavy atom. The van der Waals surface area contributed by atoms with Gasteiger partial charge >= 0.3 is 11.9 Å². The number of carbonyl (C=O) groups is 2. The lowest BCUT2D eigenvalue weighted by Crippen LogP contribution is -2.44. The number of hydrogen-bond donors (Lipinski definition) is 4. The van der Waals surface area contributed by atoms with Crippen molar-refractivity contribution in [2.45, 2.75) is 89.3 Å². The van der Waals surface area contributed by atoms with Crippen LogP contribution in [-0.2, 0) is 20.7 Å². The molecule has 1 unspecified atom stereocenters. The van der Waals surface area contributed by atoms with E-state index >= 15 is 0 Å². The van der Waals surface area contributed by atoms with Gasteiger partial charge in [0.1, 0.15) is 11.9 Å². The van der Waals surface area contributed by atoms with Gasteiger partial charge in [0.05, 0.1) is 24.7 Å². The smallest absolute Gasteiger partial charge is 0.347 e. The molecule has 1 aromatic rings. The van der Waals surface area contributed by atoms with Crippen molar-refractivity contribution in [3.05, 3.63) is 66.3 Å².